The standard InChI is InChI=1S/C10H16F3N/c1-7-2-3-8(14-6-7)9(4-5-9)10(11,12)13/h7-8,14H,2-6H2,1H3/t7-,8+/m0/s1. The van der Waals surface area contributed by atoms with Crippen LogP contribution in [0.5, 0.6) is 0 Å². The summed E-state index contributed by atoms with van der Waals surface area (Å²) in [4.78, 5) is 0. The lowest BCUT2D eigenvalue weighted by Crippen LogP contribution is -2.49. The molecule has 0 aromatic carbocycles. The van der Waals surface area contributed by atoms with Gasteiger partial charge in [0, 0.05) is 6.04 Å². The van der Waals surface area contributed by atoms with Crippen molar-refractivity contribution in [2.24, 2.45) is 11.3 Å². The minimum absolute atomic E-state index is 0.321. The fraction of sp³-hybridized carbons (Fsp3) is 1.00. The van der Waals surface area contributed by atoms with Crippen LogP contribution in [0.3, 0.4) is 0 Å². The summed E-state index contributed by atoms with van der Waals surface area (Å²) >= 11 is 0. The van der Waals surface area contributed by atoms with Crippen molar-refractivity contribution in [3.05, 3.63) is 0 Å². The Morgan fingerprint density at radius 1 is 1.21 bits per heavy atom. The van der Waals surface area contributed by atoms with E-state index in [0.29, 0.717) is 25.2 Å². The third kappa shape index (κ3) is 1.53. The van der Waals surface area contributed by atoms with Gasteiger partial charge in [-0.2, -0.15) is 13.2 Å². The maximum atomic E-state index is 12.7. The Balaban J connectivity index is 2.02. The molecule has 2 rings (SSSR count). The van der Waals surface area contributed by atoms with Crippen LogP contribution in [0.25, 0.3) is 0 Å². The SMILES string of the molecule is C[C@H]1CC[C@H](C2(C(F)(F)F)CC2)NC1. The molecule has 2 aliphatic rings. The number of hydrogen-bond donors (Lipinski definition) is 1. The average Bonchev–Trinajstić information content (AvgIpc) is 2.84. The highest BCUT2D eigenvalue weighted by molar-refractivity contribution is 5.08. The second-order valence-electron chi connectivity index (χ2n) is 4.80. The van der Waals surface area contributed by atoms with Crippen LogP contribution in [0.1, 0.15) is 32.6 Å². The van der Waals surface area contributed by atoms with Gasteiger partial charge in [0.1, 0.15) is 0 Å². The number of hydrogen-bond acceptors (Lipinski definition) is 1. The Morgan fingerprint density at radius 2 is 1.86 bits per heavy atom. The average molecular weight is 207 g/mol. The molecule has 0 bridgehead atoms. The van der Waals surface area contributed by atoms with Gasteiger partial charge in [0.25, 0.3) is 0 Å². The van der Waals surface area contributed by atoms with E-state index in [4.69, 9.17) is 0 Å². The number of rotatable bonds is 1. The zero-order chi connectivity index (χ0) is 10.4. The largest absolute Gasteiger partial charge is 0.395 e. The summed E-state index contributed by atoms with van der Waals surface area (Å²) < 4.78 is 38.2. The topological polar surface area (TPSA) is 12.0 Å². The van der Waals surface area contributed by atoms with E-state index in [1.54, 1.807) is 0 Å². The Bertz CT molecular complexity index is 212. The normalized spacial score (nSPS) is 36.9. The van der Waals surface area contributed by atoms with E-state index in [0.717, 1.165) is 13.0 Å². The molecular formula is C10H16F3N. The molecule has 1 saturated heterocycles. The first-order valence-corrected chi connectivity index (χ1v) is 5.26. The summed E-state index contributed by atoms with van der Waals surface area (Å²) in [6, 6.07) is -0.321. The molecule has 1 N–H and O–H groups in total. The van der Waals surface area contributed by atoms with Crippen LogP contribution in [0.4, 0.5) is 13.2 Å². The van der Waals surface area contributed by atoms with Gasteiger partial charge in [-0.1, -0.05) is 6.92 Å². The monoisotopic (exact) mass is 207 g/mol. The zero-order valence-corrected chi connectivity index (χ0v) is 8.32. The molecule has 2 atom stereocenters. The van der Waals surface area contributed by atoms with Crippen molar-refractivity contribution in [2.75, 3.05) is 6.54 Å². The Labute approximate surface area is 82.1 Å². The van der Waals surface area contributed by atoms with Crippen LogP contribution in [0, 0.1) is 11.3 Å². The molecule has 1 saturated carbocycles. The van der Waals surface area contributed by atoms with Gasteiger partial charge in [0.05, 0.1) is 5.41 Å². The molecule has 14 heavy (non-hydrogen) atoms. The fourth-order valence-electron chi connectivity index (χ4n) is 2.43. The van der Waals surface area contributed by atoms with Crippen molar-refractivity contribution in [1.29, 1.82) is 0 Å². The van der Waals surface area contributed by atoms with Crippen LogP contribution in [0.2, 0.25) is 0 Å². The highest BCUT2D eigenvalue weighted by Gasteiger charge is 2.67. The number of alkyl halides is 3. The Kier molecular flexibility index (Phi) is 2.29. The first kappa shape index (κ1) is 10.3. The zero-order valence-electron chi connectivity index (χ0n) is 8.32. The predicted molar refractivity (Wildman–Crippen MR) is 47.9 cm³/mol. The lowest BCUT2D eigenvalue weighted by molar-refractivity contribution is -0.197. The lowest BCUT2D eigenvalue weighted by Gasteiger charge is -2.35. The van der Waals surface area contributed by atoms with Crippen molar-refractivity contribution in [1.82, 2.24) is 5.32 Å². The van der Waals surface area contributed by atoms with E-state index < -0.39 is 11.6 Å². The second-order valence-corrected chi connectivity index (χ2v) is 4.80. The summed E-state index contributed by atoms with van der Waals surface area (Å²) in [5.74, 6) is 0.523. The van der Waals surface area contributed by atoms with E-state index in [9.17, 15) is 13.2 Å². The van der Waals surface area contributed by atoms with Gasteiger partial charge >= 0.3 is 6.18 Å². The van der Waals surface area contributed by atoms with Crippen LogP contribution in [-0.4, -0.2) is 18.8 Å². The van der Waals surface area contributed by atoms with Crippen molar-refractivity contribution in [3.63, 3.8) is 0 Å². The number of nitrogens with one attached hydrogen (secondary N) is 1. The van der Waals surface area contributed by atoms with Crippen LogP contribution < -0.4 is 5.32 Å². The van der Waals surface area contributed by atoms with E-state index >= 15 is 0 Å². The van der Waals surface area contributed by atoms with Gasteiger partial charge in [-0.25, -0.2) is 0 Å². The summed E-state index contributed by atoms with van der Waals surface area (Å²) in [6.45, 7) is 2.82. The third-order valence-corrected chi connectivity index (χ3v) is 3.68. The molecule has 0 radical (unpaired) electrons. The summed E-state index contributed by atoms with van der Waals surface area (Å²) in [6.07, 6.45) is -1.76. The molecule has 0 spiro atoms. The maximum Gasteiger partial charge on any atom is 0.395 e. The molecule has 0 aromatic rings. The van der Waals surface area contributed by atoms with Crippen molar-refractivity contribution in [2.45, 2.75) is 44.8 Å². The summed E-state index contributed by atoms with van der Waals surface area (Å²) in [7, 11) is 0. The molecule has 0 aromatic heterocycles. The molecule has 2 fully saturated rings. The Morgan fingerprint density at radius 3 is 2.21 bits per heavy atom. The molecule has 1 aliphatic heterocycles. The second kappa shape index (κ2) is 3.12. The van der Waals surface area contributed by atoms with Gasteiger partial charge in [-0.05, 0) is 38.1 Å². The first-order valence-electron chi connectivity index (χ1n) is 5.26. The van der Waals surface area contributed by atoms with Gasteiger partial charge < -0.3 is 5.32 Å². The molecule has 1 nitrogen and oxygen atoms in total. The highest BCUT2D eigenvalue weighted by Crippen LogP contribution is 2.61. The van der Waals surface area contributed by atoms with E-state index in [-0.39, 0.29) is 6.04 Å². The molecular weight excluding hydrogens is 191 g/mol. The van der Waals surface area contributed by atoms with Gasteiger partial charge in [-0.3, -0.25) is 0 Å². The number of piperidine rings is 1. The maximum absolute atomic E-state index is 12.7. The minimum atomic E-state index is -4.01. The minimum Gasteiger partial charge on any atom is -0.313 e. The molecule has 1 heterocycles. The van der Waals surface area contributed by atoms with Crippen LogP contribution >= 0.6 is 0 Å². The number of halogens is 3. The fourth-order valence-corrected chi connectivity index (χ4v) is 2.43. The van der Waals surface area contributed by atoms with Gasteiger partial charge in [0.15, 0.2) is 0 Å². The lowest BCUT2D eigenvalue weighted by atomic mass is 9.85. The first-order chi connectivity index (χ1) is 6.46. The summed E-state index contributed by atoms with van der Waals surface area (Å²) in [5, 5.41) is 3.06. The van der Waals surface area contributed by atoms with E-state index in [2.05, 4.69) is 12.2 Å². The van der Waals surface area contributed by atoms with Crippen molar-refractivity contribution < 1.29 is 13.2 Å². The van der Waals surface area contributed by atoms with E-state index in [1.807, 2.05) is 0 Å². The molecule has 0 amide bonds. The van der Waals surface area contributed by atoms with Crippen LogP contribution in [0.15, 0.2) is 0 Å². The van der Waals surface area contributed by atoms with Crippen LogP contribution in [-0.2, 0) is 0 Å². The highest BCUT2D eigenvalue weighted by atomic mass is 19.4. The predicted octanol–water partition coefficient (Wildman–Crippen LogP) is 2.72. The van der Waals surface area contributed by atoms with Gasteiger partial charge in [-0.15, -0.1) is 0 Å². The molecule has 4 heteroatoms. The third-order valence-electron chi connectivity index (χ3n) is 3.68. The van der Waals surface area contributed by atoms with Crippen molar-refractivity contribution in [3.8, 4) is 0 Å². The molecule has 0 unspecified atom stereocenters. The Hall–Kier alpha value is -0.250. The molecule has 1 aliphatic carbocycles. The van der Waals surface area contributed by atoms with Crippen molar-refractivity contribution >= 4 is 0 Å². The van der Waals surface area contributed by atoms with E-state index in [1.165, 1.54) is 0 Å². The smallest absolute Gasteiger partial charge is 0.313 e. The van der Waals surface area contributed by atoms with Gasteiger partial charge in [0.2, 0.25) is 0 Å². The summed E-state index contributed by atoms with van der Waals surface area (Å²) in [5.41, 5.74) is -1.37. The molecule has 82 valence electrons. The quantitative estimate of drug-likeness (QED) is 0.697.